The highest BCUT2D eigenvalue weighted by molar-refractivity contribution is 9.13. The Hall–Kier alpha value is -0.840. The zero-order valence-corrected chi connectivity index (χ0v) is 14.1. The van der Waals surface area contributed by atoms with E-state index >= 15 is 0 Å². The van der Waals surface area contributed by atoms with Gasteiger partial charge in [0.2, 0.25) is 0 Å². The second kappa shape index (κ2) is 5.27. The summed E-state index contributed by atoms with van der Waals surface area (Å²) in [6.07, 6.45) is -1.15. The van der Waals surface area contributed by atoms with Crippen LogP contribution in [-0.2, 0) is 4.45 Å². The van der Waals surface area contributed by atoms with Crippen molar-refractivity contribution in [1.82, 2.24) is 4.90 Å². The summed E-state index contributed by atoms with van der Waals surface area (Å²) in [5.41, 5.74) is 1.06. The maximum Gasteiger partial charge on any atom is 0.413 e. The molecule has 7 heteroatoms. The van der Waals surface area contributed by atoms with Gasteiger partial charge < -0.3 is 5.11 Å². The third-order valence-electron chi connectivity index (χ3n) is 2.82. The lowest BCUT2D eigenvalue weighted by Gasteiger charge is -2.34. The molecule has 2 atom stereocenters. The van der Waals surface area contributed by atoms with E-state index < -0.39 is 15.4 Å². The summed E-state index contributed by atoms with van der Waals surface area (Å²) < 4.78 is -0.811. The van der Waals surface area contributed by atoms with E-state index in [9.17, 15) is 15.2 Å². The molecule has 0 radical (unpaired) electrons. The number of carboxylic acid groups (broad SMARTS) is 1. The predicted molar refractivity (Wildman–Crippen MR) is 81.2 cm³/mol. The molecule has 2 unspecified atom stereocenters. The minimum Gasteiger partial charge on any atom is -0.465 e. The monoisotopic (exact) mass is 448 g/mol. The van der Waals surface area contributed by atoms with E-state index in [4.69, 9.17) is 0 Å². The molecule has 2 rings (SSSR count). The average molecular weight is 451 g/mol. The van der Waals surface area contributed by atoms with Gasteiger partial charge in [-0.3, -0.25) is 0 Å². The Bertz CT molecular complexity index is 597. The zero-order valence-electron chi connectivity index (χ0n) is 9.35. The number of hydrogen-bond donors (Lipinski definition) is 1. The summed E-state index contributed by atoms with van der Waals surface area (Å²) in [6.45, 7) is 0. The van der Waals surface area contributed by atoms with Crippen molar-refractivity contribution >= 4 is 53.9 Å². The first-order valence-electron chi connectivity index (χ1n) is 5.16. The summed E-state index contributed by atoms with van der Waals surface area (Å²) >= 11 is 10.1. The number of carbonyl (C=O) groups is 1. The SMILES string of the molecule is N#CC1=C(Br)N(C(=O)O)C(Br)(c2ccccc2)C1Br. The van der Waals surface area contributed by atoms with Crippen LogP contribution in [0.2, 0.25) is 0 Å². The average Bonchev–Trinajstić information content (AvgIpc) is 2.59. The summed E-state index contributed by atoms with van der Waals surface area (Å²) in [5.74, 6) is 0. The van der Waals surface area contributed by atoms with Crippen molar-refractivity contribution in [2.45, 2.75) is 9.28 Å². The first-order chi connectivity index (χ1) is 8.94. The second-order valence-electron chi connectivity index (χ2n) is 3.84. The number of benzene rings is 1. The van der Waals surface area contributed by atoms with Gasteiger partial charge in [0.05, 0.1) is 16.5 Å². The van der Waals surface area contributed by atoms with Crippen molar-refractivity contribution in [3.8, 4) is 6.07 Å². The Labute approximate surface area is 135 Å². The van der Waals surface area contributed by atoms with E-state index in [2.05, 4.69) is 47.8 Å². The van der Waals surface area contributed by atoms with Crippen molar-refractivity contribution in [2.75, 3.05) is 0 Å². The minimum absolute atomic E-state index is 0.241. The third-order valence-corrected chi connectivity index (χ3v) is 6.61. The first-order valence-corrected chi connectivity index (χ1v) is 7.66. The number of hydrogen-bond acceptors (Lipinski definition) is 2. The summed E-state index contributed by atoms with van der Waals surface area (Å²) in [4.78, 5) is 12.1. The highest BCUT2D eigenvalue weighted by atomic mass is 79.9. The van der Waals surface area contributed by atoms with Crippen molar-refractivity contribution < 1.29 is 9.90 Å². The minimum atomic E-state index is -1.15. The van der Waals surface area contributed by atoms with Crippen LogP contribution in [0.15, 0.2) is 40.5 Å². The lowest BCUT2D eigenvalue weighted by molar-refractivity contribution is 0.147. The Kier molecular flexibility index (Phi) is 4.04. The predicted octanol–water partition coefficient (Wildman–Crippen LogP) is 4.12. The molecule has 1 amide bonds. The van der Waals surface area contributed by atoms with Gasteiger partial charge in [-0.15, -0.1) is 0 Å². The molecule has 1 N–H and O–H groups in total. The van der Waals surface area contributed by atoms with E-state index in [0.29, 0.717) is 5.57 Å². The smallest absolute Gasteiger partial charge is 0.413 e. The zero-order chi connectivity index (χ0) is 14.2. The molecule has 1 aliphatic heterocycles. The van der Waals surface area contributed by atoms with Gasteiger partial charge in [0, 0.05) is 0 Å². The van der Waals surface area contributed by atoms with Crippen molar-refractivity contribution in [3.05, 3.63) is 46.1 Å². The maximum atomic E-state index is 11.5. The molecule has 98 valence electrons. The Morgan fingerprint density at radius 2 is 2.00 bits per heavy atom. The highest BCUT2D eigenvalue weighted by Crippen LogP contribution is 2.53. The molecular formula is C12H7Br3N2O2. The number of halogens is 3. The Balaban J connectivity index is 2.64. The van der Waals surface area contributed by atoms with Gasteiger partial charge in [-0.2, -0.15) is 5.26 Å². The fraction of sp³-hybridized carbons (Fsp3) is 0.167. The quantitative estimate of drug-likeness (QED) is 0.517. The van der Waals surface area contributed by atoms with E-state index in [1.54, 1.807) is 12.1 Å². The van der Waals surface area contributed by atoms with E-state index in [-0.39, 0.29) is 4.61 Å². The van der Waals surface area contributed by atoms with Crippen molar-refractivity contribution in [2.24, 2.45) is 0 Å². The Morgan fingerprint density at radius 3 is 2.47 bits per heavy atom. The molecule has 19 heavy (non-hydrogen) atoms. The molecule has 1 aromatic rings. The van der Waals surface area contributed by atoms with Crippen molar-refractivity contribution in [3.63, 3.8) is 0 Å². The van der Waals surface area contributed by atoms with E-state index in [0.717, 1.165) is 10.5 Å². The molecule has 1 aliphatic rings. The van der Waals surface area contributed by atoms with Crippen LogP contribution in [0.4, 0.5) is 4.79 Å². The van der Waals surface area contributed by atoms with Gasteiger partial charge in [0.25, 0.3) is 0 Å². The lowest BCUT2D eigenvalue weighted by Crippen LogP contribution is -2.44. The van der Waals surface area contributed by atoms with Crippen LogP contribution in [0.1, 0.15) is 5.56 Å². The van der Waals surface area contributed by atoms with Gasteiger partial charge in [-0.1, -0.05) is 62.2 Å². The van der Waals surface area contributed by atoms with Crippen LogP contribution in [0.5, 0.6) is 0 Å². The molecule has 0 saturated carbocycles. The first kappa shape index (κ1) is 14.6. The highest BCUT2D eigenvalue weighted by Gasteiger charge is 2.54. The standard InChI is InChI=1S/C12H7Br3N2O2/c13-9-8(6-16)10(14)17(11(18)19)12(9,15)7-4-2-1-3-5-7/h1-5,9H,(H,18,19). The van der Waals surface area contributed by atoms with Crippen LogP contribution in [-0.4, -0.2) is 20.9 Å². The second-order valence-corrected chi connectivity index (χ2v) is 6.71. The number of nitrogens with zero attached hydrogens (tertiary/aromatic N) is 2. The van der Waals surface area contributed by atoms with Gasteiger partial charge in [-0.25, -0.2) is 9.69 Å². The molecular weight excluding hydrogens is 444 g/mol. The number of amides is 1. The molecule has 0 aliphatic carbocycles. The molecule has 0 saturated heterocycles. The van der Waals surface area contributed by atoms with Gasteiger partial charge in [0.15, 0.2) is 0 Å². The summed E-state index contributed by atoms with van der Waals surface area (Å²) in [5, 5.41) is 18.6. The summed E-state index contributed by atoms with van der Waals surface area (Å²) in [6, 6.07) is 11.1. The van der Waals surface area contributed by atoms with Crippen LogP contribution < -0.4 is 0 Å². The van der Waals surface area contributed by atoms with Gasteiger partial charge in [0.1, 0.15) is 9.05 Å². The maximum absolute atomic E-state index is 11.5. The topological polar surface area (TPSA) is 64.3 Å². The van der Waals surface area contributed by atoms with Crippen LogP contribution in [0, 0.1) is 11.3 Å². The van der Waals surface area contributed by atoms with Crippen LogP contribution in [0.25, 0.3) is 0 Å². The molecule has 4 nitrogen and oxygen atoms in total. The molecule has 0 spiro atoms. The third kappa shape index (κ3) is 2.12. The molecule has 1 heterocycles. The lowest BCUT2D eigenvalue weighted by atomic mass is 10.0. The van der Waals surface area contributed by atoms with Crippen molar-refractivity contribution in [1.29, 1.82) is 5.26 Å². The summed E-state index contributed by atoms with van der Waals surface area (Å²) in [7, 11) is 0. The largest absolute Gasteiger partial charge is 0.465 e. The van der Waals surface area contributed by atoms with Gasteiger partial charge in [-0.05, 0) is 21.5 Å². The Morgan fingerprint density at radius 1 is 1.42 bits per heavy atom. The van der Waals surface area contributed by atoms with E-state index in [1.807, 2.05) is 24.3 Å². The molecule has 0 bridgehead atoms. The molecule has 0 aromatic heterocycles. The molecule has 0 fully saturated rings. The van der Waals surface area contributed by atoms with Crippen LogP contribution in [0.3, 0.4) is 0 Å². The number of rotatable bonds is 1. The fourth-order valence-corrected chi connectivity index (χ4v) is 4.85. The fourth-order valence-electron chi connectivity index (χ4n) is 1.95. The van der Waals surface area contributed by atoms with E-state index in [1.165, 1.54) is 0 Å². The van der Waals surface area contributed by atoms with Gasteiger partial charge >= 0.3 is 6.09 Å². The normalized spacial score (nSPS) is 26.4. The molecule has 1 aromatic carbocycles. The number of alkyl halides is 2. The van der Waals surface area contributed by atoms with Crippen LogP contribution >= 0.6 is 47.8 Å². The number of nitriles is 1.